The number of nitrogen functional groups attached to an aromatic ring is 1. The van der Waals surface area contributed by atoms with E-state index in [2.05, 4.69) is 41.6 Å². The molecule has 4 nitrogen and oxygen atoms in total. The number of benzene rings is 1. The maximum atomic E-state index is 6.06. The number of aryl methyl sites for hydroxylation is 3. The van der Waals surface area contributed by atoms with Gasteiger partial charge in [-0.3, -0.25) is 4.68 Å². The van der Waals surface area contributed by atoms with Crippen molar-refractivity contribution in [3.05, 3.63) is 41.6 Å². The van der Waals surface area contributed by atoms with Gasteiger partial charge in [-0.05, 0) is 24.8 Å². The summed E-state index contributed by atoms with van der Waals surface area (Å²) in [5.41, 5.74) is 9.18. The van der Waals surface area contributed by atoms with E-state index in [0.717, 1.165) is 43.0 Å². The van der Waals surface area contributed by atoms with E-state index < -0.39 is 0 Å². The van der Waals surface area contributed by atoms with Crippen molar-refractivity contribution in [2.75, 3.05) is 17.6 Å². The second-order valence-corrected chi connectivity index (χ2v) is 4.70. The van der Waals surface area contributed by atoms with Gasteiger partial charge < -0.3 is 11.1 Å². The van der Waals surface area contributed by atoms with Crippen molar-refractivity contribution in [3.63, 3.8) is 0 Å². The van der Waals surface area contributed by atoms with Crippen molar-refractivity contribution < 1.29 is 0 Å². The van der Waals surface area contributed by atoms with Crippen LogP contribution in [-0.2, 0) is 19.9 Å². The van der Waals surface area contributed by atoms with Gasteiger partial charge in [-0.15, -0.1) is 0 Å². The summed E-state index contributed by atoms with van der Waals surface area (Å²) < 4.78 is 1.83. The molecule has 2 aromatic rings. The van der Waals surface area contributed by atoms with Gasteiger partial charge in [0.2, 0.25) is 0 Å². The highest BCUT2D eigenvalue weighted by molar-refractivity contribution is 5.64. The first-order valence-electron chi connectivity index (χ1n) is 6.81. The van der Waals surface area contributed by atoms with Crippen LogP contribution in [0.15, 0.2) is 30.3 Å². The number of nitrogens with two attached hydrogens (primary N) is 1. The molecule has 3 N–H and O–H groups in total. The number of aromatic nitrogens is 2. The van der Waals surface area contributed by atoms with Crippen molar-refractivity contribution in [3.8, 4) is 0 Å². The lowest BCUT2D eigenvalue weighted by Crippen LogP contribution is -2.08. The number of hydrogen-bond donors (Lipinski definition) is 2. The molecule has 0 spiro atoms. The fraction of sp³-hybridized carbons (Fsp3) is 0.400. The zero-order chi connectivity index (χ0) is 13.7. The predicted octanol–water partition coefficient (Wildman–Crippen LogP) is 2.61. The molecule has 1 heterocycles. The molecule has 2 rings (SSSR count). The van der Waals surface area contributed by atoms with Crippen LogP contribution in [0.1, 0.15) is 24.6 Å². The molecule has 0 aliphatic carbocycles. The van der Waals surface area contributed by atoms with E-state index in [4.69, 9.17) is 5.73 Å². The molecule has 0 saturated heterocycles. The standard InChI is InChI=1S/C15H22N4/c1-3-13-14(16)15(19(2)18-13)17-11-7-10-12-8-5-4-6-9-12/h4-6,8-9,17H,3,7,10-11,16H2,1-2H3. The maximum Gasteiger partial charge on any atom is 0.147 e. The molecule has 0 bridgehead atoms. The molecule has 0 saturated carbocycles. The summed E-state index contributed by atoms with van der Waals surface area (Å²) in [6.07, 6.45) is 3.02. The predicted molar refractivity (Wildman–Crippen MR) is 80.3 cm³/mol. The Morgan fingerprint density at radius 3 is 2.63 bits per heavy atom. The van der Waals surface area contributed by atoms with Crippen LogP contribution in [0.5, 0.6) is 0 Å². The quantitative estimate of drug-likeness (QED) is 0.783. The van der Waals surface area contributed by atoms with E-state index in [1.165, 1.54) is 5.56 Å². The third kappa shape index (κ3) is 3.28. The maximum absolute atomic E-state index is 6.06. The lowest BCUT2D eigenvalue weighted by atomic mass is 10.1. The highest BCUT2D eigenvalue weighted by Crippen LogP contribution is 2.22. The largest absolute Gasteiger partial charge is 0.394 e. The minimum Gasteiger partial charge on any atom is -0.394 e. The van der Waals surface area contributed by atoms with E-state index in [1.807, 2.05) is 17.8 Å². The molecule has 102 valence electrons. The minimum absolute atomic E-state index is 0.782. The van der Waals surface area contributed by atoms with Gasteiger partial charge in [0.05, 0.1) is 11.4 Å². The Morgan fingerprint density at radius 2 is 2.00 bits per heavy atom. The van der Waals surface area contributed by atoms with Crippen LogP contribution in [0.3, 0.4) is 0 Å². The van der Waals surface area contributed by atoms with Gasteiger partial charge in [0.1, 0.15) is 5.82 Å². The molecule has 1 aromatic heterocycles. The molecule has 0 aliphatic rings. The summed E-state index contributed by atoms with van der Waals surface area (Å²) >= 11 is 0. The number of anilines is 2. The molecule has 0 aliphatic heterocycles. The van der Waals surface area contributed by atoms with Crippen LogP contribution < -0.4 is 11.1 Å². The average Bonchev–Trinajstić information content (AvgIpc) is 2.71. The van der Waals surface area contributed by atoms with Gasteiger partial charge in [0.15, 0.2) is 0 Å². The Labute approximate surface area is 114 Å². The highest BCUT2D eigenvalue weighted by Gasteiger charge is 2.10. The number of nitrogens with zero attached hydrogens (tertiary/aromatic N) is 2. The molecule has 0 atom stereocenters. The number of nitrogens with one attached hydrogen (secondary N) is 1. The van der Waals surface area contributed by atoms with Gasteiger partial charge in [0, 0.05) is 13.6 Å². The van der Waals surface area contributed by atoms with Crippen LogP contribution >= 0.6 is 0 Å². The van der Waals surface area contributed by atoms with Crippen molar-refractivity contribution >= 4 is 11.5 Å². The monoisotopic (exact) mass is 258 g/mol. The number of rotatable bonds is 6. The molecule has 1 aromatic carbocycles. The van der Waals surface area contributed by atoms with Crippen LogP contribution in [0.25, 0.3) is 0 Å². The van der Waals surface area contributed by atoms with E-state index in [-0.39, 0.29) is 0 Å². The fourth-order valence-electron chi connectivity index (χ4n) is 2.21. The lowest BCUT2D eigenvalue weighted by Gasteiger charge is -2.07. The van der Waals surface area contributed by atoms with Crippen molar-refractivity contribution in [1.82, 2.24) is 9.78 Å². The van der Waals surface area contributed by atoms with Crippen LogP contribution in [0.2, 0.25) is 0 Å². The first-order valence-corrected chi connectivity index (χ1v) is 6.81. The van der Waals surface area contributed by atoms with E-state index in [9.17, 15) is 0 Å². The van der Waals surface area contributed by atoms with Gasteiger partial charge >= 0.3 is 0 Å². The van der Waals surface area contributed by atoms with Gasteiger partial charge in [-0.1, -0.05) is 37.3 Å². The lowest BCUT2D eigenvalue weighted by molar-refractivity contribution is 0.742. The van der Waals surface area contributed by atoms with Gasteiger partial charge in [-0.2, -0.15) is 5.10 Å². The van der Waals surface area contributed by atoms with Crippen LogP contribution in [0.4, 0.5) is 11.5 Å². The second kappa shape index (κ2) is 6.27. The van der Waals surface area contributed by atoms with Gasteiger partial charge in [-0.25, -0.2) is 0 Å². The summed E-state index contributed by atoms with van der Waals surface area (Å²) in [6.45, 7) is 2.97. The minimum atomic E-state index is 0.782. The van der Waals surface area contributed by atoms with Crippen LogP contribution in [0, 0.1) is 0 Å². The molecular weight excluding hydrogens is 236 g/mol. The molecule has 19 heavy (non-hydrogen) atoms. The smallest absolute Gasteiger partial charge is 0.147 e. The molecule has 0 unspecified atom stereocenters. The summed E-state index contributed by atoms with van der Waals surface area (Å²) in [4.78, 5) is 0. The molecule has 4 heteroatoms. The Kier molecular flexibility index (Phi) is 4.44. The van der Waals surface area contributed by atoms with Gasteiger partial charge in [0.25, 0.3) is 0 Å². The van der Waals surface area contributed by atoms with Crippen molar-refractivity contribution in [2.45, 2.75) is 26.2 Å². The Hall–Kier alpha value is -1.97. The summed E-state index contributed by atoms with van der Waals surface area (Å²) in [7, 11) is 1.93. The third-order valence-electron chi connectivity index (χ3n) is 3.27. The molecular formula is C15H22N4. The topological polar surface area (TPSA) is 55.9 Å². The summed E-state index contributed by atoms with van der Waals surface area (Å²) in [5.74, 6) is 0.935. The molecule has 0 amide bonds. The van der Waals surface area contributed by atoms with E-state index >= 15 is 0 Å². The summed E-state index contributed by atoms with van der Waals surface area (Å²) in [6, 6.07) is 10.5. The average molecular weight is 258 g/mol. The summed E-state index contributed by atoms with van der Waals surface area (Å²) in [5, 5.41) is 7.78. The van der Waals surface area contributed by atoms with E-state index in [0.29, 0.717) is 0 Å². The van der Waals surface area contributed by atoms with E-state index in [1.54, 1.807) is 0 Å². The SMILES string of the molecule is CCc1nn(C)c(NCCCc2ccccc2)c1N. The zero-order valence-corrected chi connectivity index (χ0v) is 11.7. The van der Waals surface area contributed by atoms with Crippen molar-refractivity contribution in [1.29, 1.82) is 0 Å². The second-order valence-electron chi connectivity index (χ2n) is 4.70. The zero-order valence-electron chi connectivity index (χ0n) is 11.7. The normalized spacial score (nSPS) is 10.6. The molecule has 0 radical (unpaired) electrons. The third-order valence-corrected chi connectivity index (χ3v) is 3.27. The fourth-order valence-corrected chi connectivity index (χ4v) is 2.21. The Bertz CT molecular complexity index is 516. The first kappa shape index (κ1) is 13.5. The first-order chi connectivity index (χ1) is 9.22. The molecule has 0 fully saturated rings. The number of hydrogen-bond acceptors (Lipinski definition) is 3. The highest BCUT2D eigenvalue weighted by atomic mass is 15.3. The Balaban J connectivity index is 1.85. The van der Waals surface area contributed by atoms with Crippen LogP contribution in [-0.4, -0.2) is 16.3 Å². The Morgan fingerprint density at radius 1 is 1.26 bits per heavy atom. The van der Waals surface area contributed by atoms with Crippen molar-refractivity contribution in [2.24, 2.45) is 7.05 Å².